The van der Waals surface area contributed by atoms with Crippen molar-refractivity contribution in [3.05, 3.63) is 10.1 Å². The Kier molecular flexibility index (Phi) is 3.96. The van der Waals surface area contributed by atoms with Crippen LogP contribution in [0.2, 0.25) is 0 Å². The van der Waals surface area contributed by atoms with Gasteiger partial charge in [0.2, 0.25) is 6.54 Å². The third kappa shape index (κ3) is 5.23. The van der Waals surface area contributed by atoms with Crippen LogP contribution in [-0.2, 0) is 0 Å². The van der Waals surface area contributed by atoms with Crippen LogP contribution >= 0.6 is 0 Å². The van der Waals surface area contributed by atoms with E-state index in [0.717, 1.165) is 0 Å². The summed E-state index contributed by atoms with van der Waals surface area (Å²) in [7, 11) is 1.79. The summed E-state index contributed by atoms with van der Waals surface area (Å²) in [5.74, 6) is 0.130. The third-order valence-corrected chi connectivity index (χ3v) is 1.01. The summed E-state index contributed by atoms with van der Waals surface area (Å²) in [5, 5.41) is 12.7. The first-order valence-electron chi connectivity index (χ1n) is 2.93. The smallest absolute Gasteiger partial charge is 0.207 e. The van der Waals surface area contributed by atoms with E-state index in [9.17, 15) is 10.1 Å². The van der Waals surface area contributed by atoms with Gasteiger partial charge in [-0.3, -0.25) is 10.1 Å². The van der Waals surface area contributed by atoms with Gasteiger partial charge in [-0.1, -0.05) is 6.92 Å². The number of nitro groups is 1. The molecule has 1 N–H and O–H groups in total. The normalized spacial score (nSPS) is 13.1. The first-order chi connectivity index (χ1) is 4.16. The molecule has 0 aromatic rings. The fourth-order valence-electron chi connectivity index (χ4n) is 0.667. The van der Waals surface area contributed by atoms with Crippen LogP contribution in [0.15, 0.2) is 0 Å². The van der Waals surface area contributed by atoms with E-state index in [2.05, 4.69) is 5.32 Å². The van der Waals surface area contributed by atoms with E-state index in [1.807, 2.05) is 6.92 Å². The van der Waals surface area contributed by atoms with Gasteiger partial charge in [-0.05, 0) is 7.05 Å². The standard InChI is InChI=1S/C5H12N2O2/c1-5(3-6-2)4-7(8)9/h5-6H,3-4H2,1-2H3. The Bertz CT molecular complexity index is 95.0. The third-order valence-electron chi connectivity index (χ3n) is 1.01. The van der Waals surface area contributed by atoms with Gasteiger partial charge in [0.05, 0.1) is 0 Å². The second kappa shape index (κ2) is 4.26. The largest absolute Gasteiger partial charge is 0.319 e. The van der Waals surface area contributed by atoms with Crippen molar-refractivity contribution >= 4 is 0 Å². The molecule has 0 aromatic heterocycles. The molecule has 0 radical (unpaired) electrons. The van der Waals surface area contributed by atoms with Crippen LogP contribution in [0.4, 0.5) is 0 Å². The van der Waals surface area contributed by atoms with Gasteiger partial charge in [0.25, 0.3) is 0 Å². The van der Waals surface area contributed by atoms with Crippen LogP contribution in [0.3, 0.4) is 0 Å². The molecule has 0 fully saturated rings. The first-order valence-corrected chi connectivity index (χ1v) is 2.93. The maximum atomic E-state index is 9.86. The first kappa shape index (κ1) is 8.36. The van der Waals surface area contributed by atoms with Gasteiger partial charge >= 0.3 is 0 Å². The Labute approximate surface area is 54.4 Å². The molecule has 0 aliphatic carbocycles. The van der Waals surface area contributed by atoms with Crippen molar-refractivity contribution in [3.63, 3.8) is 0 Å². The molecule has 0 saturated heterocycles. The van der Waals surface area contributed by atoms with Crippen LogP contribution in [0.25, 0.3) is 0 Å². The molecule has 0 saturated carbocycles. The highest BCUT2D eigenvalue weighted by molar-refractivity contribution is 4.50. The van der Waals surface area contributed by atoms with E-state index < -0.39 is 0 Å². The van der Waals surface area contributed by atoms with Crippen molar-refractivity contribution in [2.24, 2.45) is 5.92 Å². The van der Waals surface area contributed by atoms with Gasteiger partial charge < -0.3 is 5.32 Å². The summed E-state index contributed by atoms with van der Waals surface area (Å²) < 4.78 is 0. The fourth-order valence-corrected chi connectivity index (χ4v) is 0.667. The Morgan fingerprint density at radius 1 is 1.78 bits per heavy atom. The maximum absolute atomic E-state index is 9.86. The highest BCUT2D eigenvalue weighted by Crippen LogP contribution is 1.90. The average molecular weight is 132 g/mol. The summed E-state index contributed by atoms with van der Waals surface area (Å²) in [6, 6.07) is 0. The summed E-state index contributed by atoms with van der Waals surface area (Å²) in [5.41, 5.74) is 0. The second-order valence-corrected chi connectivity index (χ2v) is 2.18. The van der Waals surface area contributed by atoms with E-state index in [0.29, 0.717) is 6.54 Å². The lowest BCUT2D eigenvalue weighted by Crippen LogP contribution is -2.22. The summed E-state index contributed by atoms with van der Waals surface area (Å²) in [4.78, 5) is 9.57. The van der Waals surface area contributed by atoms with Gasteiger partial charge in [0.1, 0.15) is 0 Å². The molecule has 0 aliphatic heterocycles. The van der Waals surface area contributed by atoms with E-state index >= 15 is 0 Å². The van der Waals surface area contributed by atoms with E-state index in [1.165, 1.54) is 0 Å². The minimum absolute atomic E-state index is 0.0564. The number of hydrogen-bond donors (Lipinski definition) is 1. The van der Waals surface area contributed by atoms with Gasteiger partial charge in [-0.2, -0.15) is 0 Å². The highest BCUT2D eigenvalue weighted by Gasteiger charge is 2.06. The molecule has 0 aromatic carbocycles. The molecule has 9 heavy (non-hydrogen) atoms. The SMILES string of the molecule is CNCC(C)C[N+](=O)[O-]. The lowest BCUT2D eigenvalue weighted by atomic mass is 10.2. The van der Waals surface area contributed by atoms with Crippen LogP contribution in [0.5, 0.6) is 0 Å². The number of nitrogens with zero attached hydrogens (tertiary/aromatic N) is 1. The Hall–Kier alpha value is -0.640. The molecule has 54 valence electrons. The predicted molar refractivity (Wildman–Crippen MR) is 35.0 cm³/mol. The molecule has 0 bridgehead atoms. The number of nitrogens with one attached hydrogen (secondary N) is 1. The molecule has 0 amide bonds. The average Bonchev–Trinajstić information content (AvgIpc) is 1.63. The molecule has 0 rings (SSSR count). The van der Waals surface area contributed by atoms with Crippen molar-refractivity contribution < 1.29 is 4.92 Å². The topological polar surface area (TPSA) is 55.2 Å². The molecule has 4 nitrogen and oxygen atoms in total. The Balaban J connectivity index is 3.26. The fraction of sp³-hybridized carbons (Fsp3) is 1.00. The monoisotopic (exact) mass is 132 g/mol. The molecule has 0 heterocycles. The van der Waals surface area contributed by atoms with Crippen molar-refractivity contribution in [1.82, 2.24) is 5.32 Å². The summed E-state index contributed by atoms with van der Waals surface area (Å²) in [6.45, 7) is 2.61. The van der Waals surface area contributed by atoms with Crippen LogP contribution in [0.1, 0.15) is 6.92 Å². The Morgan fingerprint density at radius 2 is 2.33 bits per heavy atom. The van der Waals surface area contributed by atoms with Crippen molar-refractivity contribution in [2.45, 2.75) is 6.92 Å². The van der Waals surface area contributed by atoms with Gasteiger partial charge in [-0.15, -0.1) is 0 Å². The highest BCUT2D eigenvalue weighted by atomic mass is 16.6. The zero-order valence-corrected chi connectivity index (χ0v) is 5.76. The van der Waals surface area contributed by atoms with E-state index in [4.69, 9.17) is 0 Å². The summed E-state index contributed by atoms with van der Waals surface area (Å²) >= 11 is 0. The van der Waals surface area contributed by atoms with Crippen molar-refractivity contribution in [3.8, 4) is 0 Å². The van der Waals surface area contributed by atoms with E-state index in [-0.39, 0.29) is 17.4 Å². The second-order valence-electron chi connectivity index (χ2n) is 2.18. The molecule has 1 unspecified atom stereocenters. The zero-order valence-electron chi connectivity index (χ0n) is 5.76. The minimum Gasteiger partial charge on any atom is -0.319 e. The van der Waals surface area contributed by atoms with Crippen LogP contribution in [-0.4, -0.2) is 25.1 Å². The number of hydrogen-bond acceptors (Lipinski definition) is 3. The maximum Gasteiger partial charge on any atom is 0.207 e. The minimum atomic E-state index is -0.290. The van der Waals surface area contributed by atoms with Crippen LogP contribution < -0.4 is 5.32 Å². The van der Waals surface area contributed by atoms with Gasteiger partial charge in [-0.25, -0.2) is 0 Å². The van der Waals surface area contributed by atoms with Crippen molar-refractivity contribution in [2.75, 3.05) is 20.1 Å². The van der Waals surface area contributed by atoms with Gasteiger partial charge in [0, 0.05) is 17.4 Å². The van der Waals surface area contributed by atoms with E-state index in [1.54, 1.807) is 7.05 Å². The Morgan fingerprint density at radius 3 is 2.67 bits per heavy atom. The van der Waals surface area contributed by atoms with Crippen molar-refractivity contribution in [1.29, 1.82) is 0 Å². The lowest BCUT2D eigenvalue weighted by molar-refractivity contribution is -0.487. The summed E-state index contributed by atoms with van der Waals surface area (Å²) in [6.07, 6.45) is 0. The molecule has 0 spiro atoms. The molecular weight excluding hydrogens is 120 g/mol. The lowest BCUT2D eigenvalue weighted by Gasteiger charge is -2.02. The number of rotatable bonds is 4. The molecule has 4 heteroatoms. The van der Waals surface area contributed by atoms with Gasteiger partial charge in [0.15, 0.2) is 0 Å². The molecule has 1 atom stereocenters. The molecule has 0 aliphatic rings. The molecular formula is C5H12N2O2. The predicted octanol–water partition coefficient (Wildman–Crippen LogP) is 0.119. The quantitative estimate of drug-likeness (QED) is 0.436. The zero-order chi connectivity index (χ0) is 7.28. The van der Waals surface area contributed by atoms with Crippen LogP contribution in [0, 0.1) is 16.0 Å².